The molecule has 3 aromatic rings. The number of fused-ring (bicyclic) bond motifs is 5. The number of carbonyl (C=O) groups is 1. The number of carbonyl (C=O) groups excluding carboxylic acids is 1. The van der Waals surface area contributed by atoms with Gasteiger partial charge in [0.2, 0.25) is 0 Å². The van der Waals surface area contributed by atoms with Crippen LogP contribution < -0.4 is 0 Å². The van der Waals surface area contributed by atoms with Crippen molar-refractivity contribution in [3.05, 3.63) is 46.6 Å². The Hall–Kier alpha value is -2.67. The molecule has 1 atom stereocenters. The third-order valence-electron chi connectivity index (χ3n) is 5.18. The van der Waals surface area contributed by atoms with Crippen LogP contribution in [-0.2, 0) is 7.05 Å². The second-order valence-corrected chi connectivity index (χ2v) is 7.15. The maximum atomic E-state index is 13.2. The van der Waals surface area contributed by atoms with Crippen LogP contribution in [0.4, 0.5) is 0 Å². The number of rotatable bonds is 1. The lowest BCUT2D eigenvalue weighted by molar-refractivity contribution is 0.0739. The fourth-order valence-electron chi connectivity index (χ4n) is 4.12. The highest BCUT2D eigenvalue weighted by Gasteiger charge is 2.40. The van der Waals surface area contributed by atoms with Crippen molar-refractivity contribution in [2.45, 2.75) is 25.8 Å². The van der Waals surface area contributed by atoms with Crippen molar-refractivity contribution in [2.75, 3.05) is 6.54 Å². The summed E-state index contributed by atoms with van der Waals surface area (Å²) in [6.45, 7) is 2.58. The zero-order chi connectivity index (χ0) is 18.0. The third-order valence-corrected chi connectivity index (χ3v) is 5.49. The number of benzene rings is 1. The van der Waals surface area contributed by atoms with Crippen molar-refractivity contribution in [1.82, 2.24) is 29.2 Å². The topological polar surface area (TPSA) is 68.8 Å². The first kappa shape index (κ1) is 15.6. The number of amides is 1. The molecule has 1 amide bonds. The van der Waals surface area contributed by atoms with Crippen LogP contribution in [0, 0.1) is 6.92 Å². The molecule has 0 bridgehead atoms. The van der Waals surface area contributed by atoms with Crippen molar-refractivity contribution >= 4 is 17.5 Å². The first-order chi connectivity index (χ1) is 12.6. The lowest BCUT2D eigenvalue weighted by atomic mass is 10.1. The molecule has 2 aliphatic heterocycles. The molecule has 1 saturated heterocycles. The van der Waals surface area contributed by atoms with Crippen LogP contribution in [0.5, 0.6) is 0 Å². The standard InChI is InChI=1S/C18H17ClN6O/c1-10-21-17(23(2)22-10)15-16-13-7-4-8-24(13)18(26)14-11(19)5-3-6-12(14)25(16)9-20-15/h3,5-6,9,13H,4,7-8H2,1-2H3/t13-/m0/s1. The minimum Gasteiger partial charge on any atom is -0.330 e. The summed E-state index contributed by atoms with van der Waals surface area (Å²) in [6, 6.07) is 5.50. The van der Waals surface area contributed by atoms with Crippen LogP contribution in [-0.4, -0.2) is 41.7 Å². The molecule has 2 aromatic heterocycles. The van der Waals surface area contributed by atoms with Gasteiger partial charge in [0, 0.05) is 13.6 Å². The Morgan fingerprint density at radius 3 is 2.92 bits per heavy atom. The summed E-state index contributed by atoms with van der Waals surface area (Å²) in [5.74, 6) is 1.39. The van der Waals surface area contributed by atoms with Gasteiger partial charge in [0.1, 0.15) is 17.8 Å². The van der Waals surface area contributed by atoms with Gasteiger partial charge in [0.05, 0.1) is 28.0 Å². The smallest absolute Gasteiger partial charge is 0.258 e. The summed E-state index contributed by atoms with van der Waals surface area (Å²) in [5.41, 5.74) is 3.06. The quantitative estimate of drug-likeness (QED) is 0.662. The van der Waals surface area contributed by atoms with E-state index in [-0.39, 0.29) is 11.9 Å². The maximum Gasteiger partial charge on any atom is 0.258 e. The Bertz CT molecular complexity index is 1050. The molecule has 26 heavy (non-hydrogen) atoms. The molecule has 0 unspecified atom stereocenters. The second-order valence-electron chi connectivity index (χ2n) is 6.75. The van der Waals surface area contributed by atoms with Gasteiger partial charge >= 0.3 is 0 Å². The molecule has 2 aliphatic rings. The lowest BCUT2D eigenvalue weighted by Gasteiger charge is -2.23. The lowest BCUT2D eigenvalue weighted by Crippen LogP contribution is -2.30. The van der Waals surface area contributed by atoms with E-state index in [0.29, 0.717) is 22.2 Å². The van der Waals surface area contributed by atoms with Gasteiger partial charge in [-0.15, -0.1) is 0 Å². The van der Waals surface area contributed by atoms with Gasteiger partial charge in [0.25, 0.3) is 5.91 Å². The molecular formula is C18H17ClN6O. The van der Waals surface area contributed by atoms with E-state index in [1.807, 2.05) is 35.6 Å². The summed E-state index contributed by atoms with van der Waals surface area (Å²) in [7, 11) is 1.86. The summed E-state index contributed by atoms with van der Waals surface area (Å²) in [5, 5.41) is 4.82. The molecule has 0 N–H and O–H groups in total. The van der Waals surface area contributed by atoms with E-state index in [9.17, 15) is 4.79 Å². The van der Waals surface area contributed by atoms with Crippen LogP contribution in [0.1, 0.15) is 40.8 Å². The van der Waals surface area contributed by atoms with E-state index in [2.05, 4.69) is 15.1 Å². The zero-order valence-corrected chi connectivity index (χ0v) is 15.2. The fourth-order valence-corrected chi connectivity index (χ4v) is 4.37. The van der Waals surface area contributed by atoms with Crippen LogP contribution >= 0.6 is 11.6 Å². The second kappa shape index (κ2) is 5.41. The molecule has 5 rings (SSSR count). The number of aryl methyl sites for hydroxylation is 2. The van der Waals surface area contributed by atoms with E-state index in [0.717, 1.165) is 36.5 Å². The highest BCUT2D eigenvalue weighted by atomic mass is 35.5. The fraction of sp³-hybridized carbons (Fsp3) is 0.333. The van der Waals surface area contributed by atoms with Crippen molar-refractivity contribution in [2.24, 2.45) is 7.05 Å². The largest absolute Gasteiger partial charge is 0.330 e. The Labute approximate surface area is 155 Å². The molecule has 0 aliphatic carbocycles. The zero-order valence-electron chi connectivity index (χ0n) is 14.5. The van der Waals surface area contributed by atoms with Gasteiger partial charge < -0.3 is 4.90 Å². The van der Waals surface area contributed by atoms with E-state index in [1.165, 1.54) is 0 Å². The van der Waals surface area contributed by atoms with Gasteiger partial charge in [-0.05, 0) is 31.9 Å². The highest BCUT2D eigenvalue weighted by molar-refractivity contribution is 6.34. The number of halogens is 1. The van der Waals surface area contributed by atoms with Gasteiger partial charge in [-0.1, -0.05) is 17.7 Å². The Morgan fingerprint density at radius 1 is 1.31 bits per heavy atom. The summed E-state index contributed by atoms with van der Waals surface area (Å²) in [4.78, 5) is 24.3. The van der Waals surface area contributed by atoms with Gasteiger partial charge in [-0.3, -0.25) is 9.36 Å². The maximum absolute atomic E-state index is 13.2. The Balaban J connectivity index is 1.83. The Morgan fingerprint density at radius 2 is 2.15 bits per heavy atom. The van der Waals surface area contributed by atoms with Crippen molar-refractivity contribution in [3.8, 4) is 17.2 Å². The van der Waals surface area contributed by atoms with Crippen LogP contribution in [0.15, 0.2) is 24.5 Å². The third kappa shape index (κ3) is 2.00. The molecule has 0 saturated carbocycles. The van der Waals surface area contributed by atoms with E-state index >= 15 is 0 Å². The average molecular weight is 369 g/mol. The number of nitrogens with zero attached hydrogens (tertiary/aromatic N) is 6. The molecule has 1 aromatic carbocycles. The van der Waals surface area contributed by atoms with Gasteiger partial charge in [-0.25, -0.2) is 14.6 Å². The molecule has 1 fully saturated rings. The highest BCUT2D eigenvalue weighted by Crippen LogP contribution is 2.43. The SMILES string of the molecule is Cc1nc(-c2ncn3c2[C@@H]2CCCN2C(=O)c2c(Cl)cccc2-3)n(C)n1. The molecular weight excluding hydrogens is 352 g/mol. The number of imidazole rings is 1. The normalized spacial score (nSPS) is 18.5. The minimum absolute atomic E-state index is 0.0168. The monoisotopic (exact) mass is 368 g/mol. The average Bonchev–Trinajstić information content (AvgIpc) is 3.29. The van der Waals surface area contributed by atoms with Gasteiger partial charge in [0.15, 0.2) is 5.82 Å². The molecule has 0 spiro atoms. The molecule has 7 nitrogen and oxygen atoms in total. The summed E-state index contributed by atoms with van der Waals surface area (Å²) in [6.07, 6.45) is 3.62. The minimum atomic E-state index is -0.0412. The first-order valence-corrected chi connectivity index (χ1v) is 8.99. The van der Waals surface area contributed by atoms with Gasteiger partial charge in [-0.2, -0.15) is 5.10 Å². The van der Waals surface area contributed by atoms with E-state index in [1.54, 1.807) is 17.1 Å². The predicted molar refractivity (Wildman–Crippen MR) is 96.3 cm³/mol. The molecule has 4 heterocycles. The Kier molecular flexibility index (Phi) is 3.24. The number of hydrogen-bond acceptors (Lipinski definition) is 4. The van der Waals surface area contributed by atoms with E-state index < -0.39 is 0 Å². The first-order valence-electron chi connectivity index (χ1n) is 8.61. The summed E-state index contributed by atoms with van der Waals surface area (Å²) >= 11 is 6.41. The van der Waals surface area contributed by atoms with Crippen LogP contribution in [0.3, 0.4) is 0 Å². The van der Waals surface area contributed by atoms with Crippen LogP contribution in [0.2, 0.25) is 5.02 Å². The van der Waals surface area contributed by atoms with Crippen molar-refractivity contribution < 1.29 is 4.79 Å². The van der Waals surface area contributed by atoms with E-state index in [4.69, 9.17) is 11.6 Å². The van der Waals surface area contributed by atoms with Crippen molar-refractivity contribution in [3.63, 3.8) is 0 Å². The summed E-state index contributed by atoms with van der Waals surface area (Å²) < 4.78 is 3.73. The van der Waals surface area contributed by atoms with Crippen molar-refractivity contribution in [1.29, 1.82) is 0 Å². The number of hydrogen-bond donors (Lipinski definition) is 0. The molecule has 0 radical (unpaired) electrons. The molecule has 132 valence electrons. The molecule has 8 heteroatoms. The predicted octanol–water partition coefficient (Wildman–Crippen LogP) is 2.92. The number of aromatic nitrogens is 5. The van der Waals surface area contributed by atoms with Crippen LogP contribution in [0.25, 0.3) is 17.2 Å².